The van der Waals surface area contributed by atoms with Crippen molar-refractivity contribution in [3.8, 4) is 0 Å². The van der Waals surface area contributed by atoms with Crippen LogP contribution in [0.2, 0.25) is 0 Å². The number of aromatic amines is 1. The number of piperidine rings is 1. The van der Waals surface area contributed by atoms with Crippen LogP contribution in [0.4, 0.5) is 18.9 Å². The number of anilines is 1. The van der Waals surface area contributed by atoms with Gasteiger partial charge in [-0.2, -0.15) is 4.31 Å². The second kappa shape index (κ2) is 9.02. The molecule has 12 heteroatoms. The molecule has 1 aliphatic heterocycles. The lowest BCUT2D eigenvalue weighted by Gasteiger charge is -2.37. The number of halogens is 3. The van der Waals surface area contributed by atoms with Crippen molar-refractivity contribution in [3.05, 3.63) is 59.5 Å². The fourth-order valence-electron chi connectivity index (χ4n) is 4.01. The number of amides is 1. The topological polar surface area (TPSA) is 112 Å². The summed E-state index contributed by atoms with van der Waals surface area (Å²) in [4.78, 5) is 15.6. The number of nitrogens with one attached hydrogen (secondary N) is 2. The van der Waals surface area contributed by atoms with Crippen molar-refractivity contribution in [1.29, 1.82) is 0 Å². The summed E-state index contributed by atoms with van der Waals surface area (Å²) in [6, 6.07) is 5.36. The van der Waals surface area contributed by atoms with Gasteiger partial charge in [-0.15, -0.1) is 0 Å². The van der Waals surface area contributed by atoms with Gasteiger partial charge in [0.05, 0.1) is 22.7 Å². The molecular formula is C22H22F3N3O5S. The van der Waals surface area contributed by atoms with Crippen LogP contribution in [-0.2, 0) is 14.8 Å². The molecule has 0 saturated carbocycles. The van der Waals surface area contributed by atoms with Crippen LogP contribution >= 0.6 is 0 Å². The van der Waals surface area contributed by atoms with Crippen LogP contribution in [0.25, 0.3) is 10.9 Å². The van der Waals surface area contributed by atoms with E-state index in [1.165, 1.54) is 29.7 Å². The molecular weight excluding hydrogens is 475 g/mol. The van der Waals surface area contributed by atoms with Crippen LogP contribution < -0.4 is 5.32 Å². The molecule has 8 nitrogen and oxygen atoms in total. The molecule has 2 aromatic carbocycles. The molecule has 0 atom stereocenters. The molecule has 0 radical (unpaired) electrons. The number of methoxy groups -OCH3 is 1. The van der Waals surface area contributed by atoms with E-state index in [4.69, 9.17) is 4.74 Å². The summed E-state index contributed by atoms with van der Waals surface area (Å²) in [7, 11) is -2.58. The number of aliphatic hydroxyl groups is 1. The predicted octanol–water partition coefficient (Wildman–Crippen LogP) is 3.00. The van der Waals surface area contributed by atoms with E-state index in [9.17, 15) is 31.5 Å². The Morgan fingerprint density at radius 1 is 1.18 bits per heavy atom. The summed E-state index contributed by atoms with van der Waals surface area (Å²) >= 11 is 0. The lowest BCUT2D eigenvalue weighted by molar-refractivity contribution is -0.0607. The number of H-pyrrole nitrogens is 1. The zero-order valence-corrected chi connectivity index (χ0v) is 18.9. The Kier molecular flexibility index (Phi) is 6.42. The van der Waals surface area contributed by atoms with Crippen LogP contribution in [0, 0.1) is 17.5 Å². The largest absolute Gasteiger partial charge is 0.387 e. The molecule has 2 heterocycles. The van der Waals surface area contributed by atoms with Gasteiger partial charge in [0, 0.05) is 55.1 Å². The fraction of sp³-hybridized carbons (Fsp3) is 0.318. The number of sulfonamides is 1. The van der Waals surface area contributed by atoms with E-state index in [1.54, 1.807) is 6.07 Å². The molecule has 0 spiro atoms. The fourth-order valence-corrected chi connectivity index (χ4v) is 5.50. The summed E-state index contributed by atoms with van der Waals surface area (Å²) in [6.45, 7) is 0.200. The maximum Gasteiger partial charge on any atom is 0.256 e. The average Bonchev–Trinajstić information content (AvgIpc) is 3.26. The number of benzene rings is 2. The molecule has 0 bridgehead atoms. The summed E-state index contributed by atoms with van der Waals surface area (Å²) in [5.41, 5.74) is -1.15. The molecule has 1 amide bonds. The van der Waals surface area contributed by atoms with Crippen LogP contribution in [0.15, 0.2) is 41.4 Å². The van der Waals surface area contributed by atoms with Crippen LogP contribution in [-0.4, -0.2) is 61.1 Å². The minimum Gasteiger partial charge on any atom is -0.387 e. The lowest BCUT2D eigenvalue weighted by atomic mass is 9.94. The summed E-state index contributed by atoms with van der Waals surface area (Å²) in [5.74, 6) is -5.45. The summed E-state index contributed by atoms with van der Waals surface area (Å²) in [6.07, 6.45) is 1.88. The van der Waals surface area contributed by atoms with E-state index in [-0.39, 0.29) is 48.7 Å². The molecule has 0 aliphatic carbocycles. The van der Waals surface area contributed by atoms with Crippen molar-refractivity contribution in [2.75, 3.05) is 32.1 Å². The van der Waals surface area contributed by atoms with E-state index in [0.29, 0.717) is 23.0 Å². The van der Waals surface area contributed by atoms with Gasteiger partial charge >= 0.3 is 0 Å². The van der Waals surface area contributed by atoms with Gasteiger partial charge in [-0.25, -0.2) is 21.6 Å². The van der Waals surface area contributed by atoms with Crippen molar-refractivity contribution >= 4 is 32.5 Å². The van der Waals surface area contributed by atoms with Gasteiger partial charge in [0.2, 0.25) is 10.0 Å². The van der Waals surface area contributed by atoms with Crippen molar-refractivity contribution in [2.45, 2.75) is 23.3 Å². The molecule has 3 aromatic rings. The zero-order chi connectivity index (χ0) is 24.7. The highest BCUT2D eigenvalue weighted by Crippen LogP contribution is 2.30. The Morgan fingerprint density at radius 2 is 1.82 bits per heavy atom. The first-order valence-electron chi connectivity index (χ1n) is 10.3. The Hall–Kier alpha value is -2.93. The molecule has 182 valence electrons. The number of carbonyl (C=O) groups excluding carboxylic acids is 1. The first-order chi connectivity index (χ1) is 16.0. The molecule has 1 aliphatic rings. The number of nitrogens with zero attached hydrogens (tertiary/aromatic N) is 1. The van der Waals surface area contributed by atoms with Gasteiger partial charge in [0.25, 0.3) is 5.91 Å². The third kappa shape index (κ3) is 4.53. The van der Waals surface area contributed by atoms with E-state index < -0.39 is 39.0 Å². The van der Waals surface area contributed by atoms with Gasteiger partial charge < -0.3 is 20.1 Å². The highest BCUT2D eigenvalue weighted by molar-refractivity contribution is 7.89. The number of fused-ring (bicyclic) bond motifs is 1. The minimum absolute atomic E-state index is 0.0562. The molecule has 0 unspecified atom stereocenters. The Labute approximate surface area is 193 Å². The standard InChI is InChI=1S/C22H22F3N3O5S/c1-33-12-22(30)3-6-28(7-4-22)34(31,32)14-10-16(15-2-5-26-19(15)11-14)21(29)27-13-8-17(23)20(25)18(24)9-13/h2,5,8-11,26,30H,3-4,6-7,12H2,1H3,(H,27,29). The smallest absolute Gasteiger partial charge is 0.256 e. The van der Waals surface area contributed by atoms with E-state index in [0.717, 1.165) is 0 Å². The Bertz CT molecular complexity index is 1330. The summed E-state index contributed by atoms with van der Waals surface area (Å²) in [5, 5.41) is 13.1. The third-order valence-corrected chi connectivity index (χ3v) is 7.71. The first kappa shape index (κ1) is 24.2. The maximum absolute atomic E-state index is 13.5. The average molecular weight is 497 g/mol. The second-order valence-corrected chi connectivity index (χ2v) is 10.1. The molecule has 3 N–H and O–H groups in total. The van der Waals surface area contributed by atoms with Gasteiger partial charge in [-0.05, 0) is 31.0 Å². The lowest BCUT2D eigenvalue weighted by Crippen LogP contribution is -2.48. The Balaban J connectivity index is 1.65. The second-order valence-electron chi connectivity index (χ2n) is 8.18. The molecule has 1 fully saturated rings. The first-order valence-corrected chi connectivity index (χ1v) is 11.8. The number of ether oxygens (including phenoxy) is 1. The van der Waals surface area contributed by atoms with Crippen molar-refractivity contribution in [1.82, 2.24) is 9.29 Å². The highest BCUT2D eigenvalue weighted by Gasteiger charge is 2.37. The van der Waals surface area contributed by atoms with E-state index in [1.807, 2.05) is 0 Å². The predicted molar refractivity (Wildman–Crippen MR) is 117 cm³/mol. The van der Waals surface area contributed by atoms with Crippen molar-refractivity contribution in [3.63, 3.8) is 0 Å². The highest BCUT2D eigenvalue weighted by atomic mass is 32.2. The molecule has 4 rings (SSSR count). The quantitative estimate of drug-likeness (QED) is 0.454. The molecule has 1 saturated heterocycles. The number of rotatable bonds is 6. The van der Waals surface area contributed by atoms with Gasteiger partial charge in [0.15, 0.2) is 17.5 Å². The van der Waals surface area contributed by atoms with Crippen molar-refractivity contribution < 1.29 is 36.2 Å². The number of aromatic nitrogens is 1. The maximum atomic E-state index is 13.5. The molecule has 1 aromatic heterocycles. The van der Waals surface area contributed by atoms with Crippen LogP contribution in [0.5, 0.6) is 0 Å². The van der Waals surface area contributed by atoms with Crippen LogP contribution in [0.3, 0.4) is 0 Å². The van der Waals surface area contributed by atoms with Crippen molar-refractivity contribution in [2.24, 2.45) is 0 Å². The van der Waals surface area contributed by atoms with Gasteiger partial charge in [0.1, 0.15) is 0 Å². The van der Waals surface area contributed by atoms with E-state index in [2.05, 4.69) is 10.3 Å². The van der Waals surface area contributed by atoms with Crippen LogP contribution in [0.1, 0.15) is 23.2 Å². The SMILES string of the molecule is COCC1(O)CCN(S(=O)(=O)c2cc(C(=O)Nc3cc(F)c(F)c(F)c3)c3cc[nH]c3c2)CC1. The Morgan fingerprint density at radius 3 is 2.44 bits per heavy atom. The number of hydrogen-bond acceptors (Lipinski definition) is 5. The molecule has 34 heavy (non-hydrogen) atoms. The third-order valence-electron chi connectivity index (χ3n) is 5.83. The summed E-state index contributed by atoms with van der Waals surface area (Å²) < 4.78 is 73.2. The number of hydrogen-bond donors (Lipinski definition) is 3. The number of carbonyl (C=O) groups is 1. The zero-order valence-electron chi connectivity index (χ0n) is 18.1. The monoisotopic (exact) mass is 497 g/mol. The normalized spacial score (nSPS) is 16.6. The minimum atomic E-state index is -4.03. The van der Waals surface area contributed by atoms with Gasteiger partial charge in [-0.1, -0.05) is 0 Å². The van der Waals surface area contributed by atoms with Gasteiger partial charge in [-0.3, -0.25) is 4.79 Å². The van der Waals surface area contributed by atoms with E-state index >= 15 is 0 Å².